The normalized spacial score (nSPS) is 15.5. The lowest BCUT2D eigenvalue weighted by Crippen LogP contribution is -2.05. The Hall–Kier alpha value is -2.87. The van der Waals surface area contributed by atoms with E-state index in [1.807, 2.05) is 16.8 Å². The van der Waals surface area contributed by atoms with Crippen LogP contribution in [0.15, 0.2) is 52.2 Å². The number of hydrogen-bond donors (Lipinski definition) is 0. The van der Waals surface area contributed by atoms with E-state index in [9.17, 15) is 4.39 Å². The van der Waals surface area contributed by atoms with E-state index in [0.29, 0.717) is 12.5 Å². The molecule has 158 valence electrons. The summed E-state index contributed by atoms with van der Waals surface area (Å²) in [6.07, 6.45) is 7.23. The molecule has 0 spiro atoms. The zero-order valence-corrected chi connectivity index (χ0v) is 17.8. The van der Waals surface area contributed by atoms with Crippen molar-refractivity contribution in [2.24, 2.45) is 0 Å². The molecule has 2 aliphatic rings. The van der Waals surface area contributed by atoms with E-state index >= 15 is 0 Å². The summed E-state index contributed by atoms with van der Waals surface area (Å²) >= 11 is 1.68. The van der Waals surface area contributed by atoms with Crippen LogP contribution in [0.2, 0.25) is 0 Å². The molecular weight excluding hydrogens is 413 g/mol. The Morgan fingerprint density at radius 2 is 1.97 bits per heavy atom. The molecule has 1 aromatic carbocycles. The molecule has 0 atom stereocenters. The molecule has 31 heavy (non-hydrogen) atoms. The molecule has 4 aromatic rings. The lowest BCUT2D eigenvalue weighted by Gasteiger charge is -2.08. The molecule has 0 unspecified atom stereocenters. The first-order valence-electron chi connectivity index (χ1n) is 10.7. The van der Waals surface area contributed by atoms with Crippen molar-refractivity contribution in [1.82, 2.24) is 24.5 Å². The number of thioether (sulfide) groups is 1. The van der Waals surface area contributed by atoms with Crippen molar-refractivity contribution in [1.29, 1.82) is 0 Å². The monoisotopic (exact) mass is 435 g/mol. The minimum atomic E-state index is -0.231. The number of furan rings is 1. The van der Waals surface area contributed by atoms with E-state index < -0.39 is 0 Å². The van der Waals surface area contributed by atoms with Crippen LogP contribution in [0.4, 0.5) is 4.39 Å². The third kappa shape index (κ3) is 3.59. The highest BCUT2D eigenvalue weighted by Crippen LogP contribution is 2.41. The smallest absolute Gasteiger partial charge is 0.192 e. The van der Waals surface area contributed by atoms with Gasteiger partial charge in [-0.25, -0.2) is 9.07 Å². The number of rotatable bonds is 7. The Labute approximate surface area is 183 Å². The van der Waals surface area contributed by atoms with Crippen molar-refractivity contribution in [2.45, 2.75) is 55.5 Å². The topological polar surface area (TPSA) is 61.7 Å². The molecule has 8 heteroatoms. The molecular formula is C23H22FN5OS. The fourth-order valence-corrected chi connectivity index (χ4v) is 5.23. The number of halogens is 1. The maximum atomic E-state index is 13.4. The van der Waals surface area contributed by atoms with Gasteiger partial charge in [0.25, 0.3) is 0 Å². The molecule has 0 aliphatic heterocycles. The average Bonchev–Trinajstić information content (AvgIpc) is 3.17. The Morgan fingerprint density at radius 1 is 1.10 bits per heavy atom. The van der Waals surface area contributed by atoms with E-state index in [1.54, 1.807) is 30.2 Å². The van der Waals surface area contributed by atoms with Gasteiger partial charge in [0.2, 0.25) is 0 Å². The summed E-state index contributed by atoms with van der Waals surface area (Å²) in [5, 5.41) is 14.8. The average molecular weight is 436 g/mol. The highest BCUT2D eigenvalue weighted by Gasteiger charge is 2.31. The van der Waals surface area contributed by atoms with Gasteiger partial charge in [0.15, 0.2) is 5.16 Å². The summed E-state index contributed by atoms with van der Waals surface area (Å²) in [5.74, 6) is 2.98. The van der Waals surface area contributed by atoms with E-state index in [4.69, 9.17) is 9.52 Å². The van der Waals surface area contributed by atoms with Crippen molar-refractivity contribution in [3.63, 3.8) is 0 Å². The Bertz CT molecular complexity index is 1210. The lowest BCUT2D eigenvalue weighted by atomic mass is 10.2. The van der Waals surface area contributed by atoms with Gasteiger partial charge in [-0.15, -0.1) is 10.2 Å². The van der Waals surface area contributed by atoms with Gasteiger partial charge in [0.05, 0.1) is 24.2 Å². The van der Waals surface area contributed by atoms with Gasteiger partial charge < -0.3 is 4.42 Å². The van der Waals surface area contributed by atoms with Crippen LogP contribution < -0.4 is 0 Å². The molecule has 0 N–H and O–H groups in total. The van der Waals surface area contributed by atoms with Gasteiger partial charge in [-0.2, -0.15) is 5.10 Å². The second kappa shape index (κ2) is 7.67. The van der Waals surface area contributed by atoms with E-state index in [1.165, 1.54) is 36.2 Å². The fraction of sp³-hybridized carbons (Fsp3) is 0.348. The Balaban J connectivity index is 1.28. The van der Waals surface area contributed by atoms with Crippen LogP contribution in [0.3, 0.4) is 0 Å². The molecule has 6 rings (SSSR count). The van der Waals surface area contributed by atoms with Crippen LogP contribution in [0.25, 0.3) is 5.69 Å². The van der Waals surface area contributed by atoms with Gasteiger partial charge in [-0.1, -0.05) is 11.8 Å². The minimum Gasteiger partial charge on any atom is -0.467 e. The summed E-state index contributed by atoms with van der Waals surface area (Å²) < 4.78 is 23.1. The number of benzene rings is 1. The number of nitrogens with zero attached hydrogens (tertiary/aromatic N) is 5. The first kappa shape index (κ1) is 18.9. The van der Waals surface area contributed by atoms with Crippen molar-refractivity contribution in [2.75, 3.05) is 0 Å². The SMILES string of the molecule is Fc1ccc(-n2nc(CSc3nnc(C4CC4)n3Cc3ccco3)c3c2CCC3)cc1. The molecule has 1 saturated carbocycles. The van der Waals surface area contributed by atoms with Crippen LogP contribution in [0, 0.1) is 5.82 Å². The number of fused-ring (bicyclic) bond motifs is 1. The maximum Gasteiger partial charge on any atom is 0.192 e. The standard InChI is InChI=1S/C23H22FN5OS/c24-16-8-10-17(11-9-16)29-21-5-1-4-19(21)20(27-29)14-31-23-26-25-22(15-6-7-15)28(23)13-18-3-2-12-30-18/h2-3,8-12,15H,1,4-7,13-14H2. The van der Waals surface area contributed by atoms with Crippen LogP contribution in [0.5, 0.6) is 0 Å². The predicted octanol–water partition coefficient (Wildman–Crippen LogP) is 4.90. The summed E-state index contributed by atoms with van der Waals surface area (Å²) in [6, 6.07) is 10.5. The molecule has 3 heterocycles. The predicted molar refractivity (Wildman–Crippen MR) is 115 cm³/mol. The molecule has 0 bridgehead atoms. The zero-order chi connectivity index (χ0) is 20.8. The van der Waals surface area contributed by atoms with E-state index in [-0.39, 0.29) is 5.82 Å². The molecule has 1 fully saturated rings. The van der Waals surface area contributed by atoms with Crippen LogP contribution in [0.1, 0.15) is 53.7 Å². The summed E-state index contributed by atoms with van der Waals surface area (Å²) in [4.78, 5) is 0. The first-order chi connectivity index (χ1) is 15.3. The number of aromatic nitrogens is 5. The second-order valence-electron chi connectivity index (χ2n) is 8.18. The largest absolute Gasteiger partial charge is 0.467 e. The highest BCUT2D eigenvalue weighted by atomic mass is 32.2. The molecule has 0 saturated heterocycles. The molecule has 6 nitrogen and oxygen atoms in total. The summed E-state index contributed by atoms with van der Waals surface area (Å²) in [6.45, 7) is 0.649. The van der Waals surface area contributed by atoms with Gasteiger partial charge >= 0.3 is 0 Å². The lowest BCUT2D eigenvalue weighted by molar-refractivity contribution is 0.478. The fourth-order valence-electron chi connectivity index (χ4n) is 4.32. The van der Waals surface area contributed by atoms with Crippen LogP contribution >= 0.6 is 11.8 Å². The number of hydrogen-bond acceptors (Lipinski definition) is 5. The maximum absolute atomic E-state index is 13.4. The zero-order valence-electron chi connectivity index (χ0n) is 17.0. The van der Waals surface area contributed by atoms with Crippen molar-refractivity contribution < 1.29 is 8.81 Å². The first-order valence-corrected chi connectivity index (χ1v) is 11.7. The van der Waals surface area contributed by atoms with Crippen molar-refractivity contribution in [3.8, 4) is 5.69 Å². The Morgan fingerprint density at radius 3 is 2.74 bits per heavy atom. The second-order valence-corrected chi connectivity index (χ2v) is 9.13. The van der Waals surface area contributed by atoms with Crippen molar-refractivity contribution in [3.05, 3.63) is 77.0 Å². The minimum absolute atomic E-state index is 0.231. The highest BCUT2D eigenvalue weighted by molar-refractivity contribution is 7.98. The third-order valence-electron chi connectivity index (χ3n) is 6.00. The van der Waals surface area contributed by atoms with E-state index in [0.717, 1.165) is 53.1 Å². The summed E-state index contributed by atoms with van der Waals surface area (Å²) in [5.41, 5.74) is 4.57. The van der Waals surface area contributed by atoms with Crippen LogP contribution in [-0.2, 0) is 25.1 Å². The van der Waals surface area contributed by atoms with Gasteiger partial charge in [0.1, 0.15) is 17.4 Å². The Kier molecular flexibility index (Phi) is 4.67. The van der Waals surface area contributed by atoms with Crippen molar-refractivity contribution >= 4 is 11.8 Å². The van der Waals surface area contributed by atoms with Gasteiger partial charge in [-0.05, 0) is 74.1 Å². The van der Waals surface area contributed by atoms with Gasteiger partial charge in [-0.3, -0.25) is 4.57 Å². The van der Waals surface area contributed by atoms with E-state index in [2.05, 4.69) is 14.8 Å². The molecule has 0 amide bonds. The quantitative estimate of drug-likeness (QED) is 0.386. The summed E-state index contributed by atoms with van der Waals surface area (Å²) in [7, 11) is 0. The third-order valence-corrected chi connectivity index (χ3v) is 6.98. The molecule has 2 aliphatic carbocycles. The molecule has 3 aromatic heterocycles. The van der Waals surface area contributed by atoms with Crippen LogP contribution in [-0.4, -0.2) is 24.5 Å². The van der Waals surface area contributed by atoms with Gasteiger partial charge in [0, 0.05) is 17.4 Å². The molecule has 0 radical (unpaired) electrons.